The summed E-state index contributed by atoms with van der Waals surface area (Å²) in [6, 6.07) is 14.3. The Morgan fingerprint density at radius 2 is 2.00 bits per heavy atom. The van der Waals surface area contributed by atoms with Gasteiger partial charge in [-0.15, -0.1) is 0 Å². The minimum absolute atomic E-state index is 0.153. The molecule has 0 bridgehead atoms. The van der Waals surface area contributed by atoms with E-state index in [1.165, 1.54) is 0 Å². The monoisotopic (exact) mass is 333 g/mol. The van der Waals surface area contributed by atoms with E-state index < -0.39 is 0 Å². The zero-order valence-corrected chi connectivity index (χ0v) is 14.2. The van der Waals surface area contributed by atoms with Gasteiger partial charge in [0.2, 0.25) is 0 Å². The molecule has 25 heavy (non-hydrogen) atoms. The van der Waals surface area contributed by atoms with Crippen molar-refractivity contribution in [1.29, 1.82) is 0 Å². The minimum atomic E-state index is 0.153. The van der Waals surface area contributed by atoms with Crippen molar-refractivity contribution in [3.05, 3.63) is 60.8 Å². The number of hydrogen-bond acceptors (Lipinski definition) is 5. The predicted octanol–water partition coefficient (Wildman–Crippen LogP) is 2.80. The molecule has 0 aliphatic heterocycles. The SMILES string of the molecule is Cc1cc2nc(-c3ccccc3)cc(N[C@@H](C)Cn3cncn3)n2n1. The molecule has 0 spiro atoms. The number of aryl methyl sites for hydroxylation is 1. The predicted molar refractivity (Wildman–Crippen MR) is 96.3 cm³/mol. The van der Waals surface area contributed by atoms with E-state index in [1.54, 1.807) is 12.7 Å². The van der Waals surface area contributed by atoms with Crippen LogP contribution in [0, 0.1) is 6.92 Å². The van der Waals surface area contributed by atoms with Crippen LogP contribution in [0.15, 0.2) is 55.1 Å². The lowest BCUT2D eigenvalue weighted by atomic mass is 10.1. The van der Waals surface area contributed by atoms with Crippen LogP contribution in [0.25, 0.3) is 16.9 Å². The third-order valence-corrected chi connectivity index (χ3v) is 3.94. The average Bonchev–Trinajstić information content (AvgIpc) is 3.24. The van der Waals surface area contributed by atoms with Crippen LogP contribution in [0.3, 0.4) is 0 Å². The normalized spacial score (nSPS) is 12.4. The zero-order valence-electron chi connectivity index (χ0n) is 14.2. The fraction of sp³-hybridized carbons (Fsp3) is 0.222. The van der Waals surface area contributed by atoms with Crippen molar-refractivity contribution in [2.24, 2.45) is 0 Å². The Morgan fingerprint density at radius 3 is 2.76 bits per heavy atom. The molecule has 3 heterocycles. The van der Waals surface area contributed by atoms with Crippen molar-refractivity contribution in [2.45, 2.75) is 26.4 Å². The molecular weight excluding hydrogens is 314 g/mol. The maximum atomic E-state index is 4.74. The summed E-state index contributed by atoms with van der Waals surface area (Å²) in [5, 5.41) is 12.2. The number of nitrogens with one attached hydrogen (secondary N) is 1. The van der Waals surface area contributed by atoms with Crippen molar-refractivity contribution < 1.29 is 0 Å². The highest BCUT2D eigenvalue weighted by atomic mass is 15.3. The molecule has 0 fully saturated rings. The largest absolute Gasteiger partial charge is 0.366 e. The third-order valence-electron chi connectivity index (χ3n) is 3.94. The first-order valence-electron chi connectivity index (χ1n) is 8.21. The molecule has 1 N–H and O–H groups in total. The molecule has 0 saturated carbocycles. The molecule has 1 aromatic carbocycles. The van der Waals surface area contributed by atoms with E-state index in [1.807, 2.05) is 46.5 Å². The van der Waals surface area contributed by atoms with E-state index in [-0.39, 0.29) is 6.04 Å². The van der Waals surface area contributed by atoms with Crippen LogP contribution in [0.5, 0.6) is 0 Å². The van der Waals surface area contributed by atoms with Crippen LogP contribution >= 0.6 is 0 Å². The molecule has 0 amide bonds. The van der Waals surface area contributed by atoms with Crippen LogP contribution < -0.4 is 5.32 Å². The van der Waals surface area contributed by atoms with Gasteiger partial charge in [0.1, 0.15) is 18.5 Å². The summed E-state index contributed by atoms with van der Waals surface area (Å²) >= 11 is 0. The lowest BCUT2D eigenvalue weighted by Gasteiger charge is -2.16. The first kappa shape index (κ1) is 15.3. The second-order valence-electron chi connectivity index (χ2n) is 6.11. The quantitative estimate of drug-likeness (QED) is 0.608. The van der Waals surface area contributed by atoms with Gasteiger partial charge in [-0.2, -0.15) is 14.7 Å². The summed E-state index contributed by atoms with van der Waals surface area (Å²) in [5.41, 5.74) is 3.76. The van der Waals surface area contributed by atoms with Crippen molar-refractivity contribution >= 4 is 11.5 Å². The highest BCUT2D eigenvalue weighted by Gasteiger charge is 2.12. The highest BCUT2D eigenvalue weighted by Crippen LogP contribution is 2.23. The summed E-state index contributed by atoms with van der Waals surface area (Å²) < 4.78 is 3.65. The smallest absolute Gasteiger partial charge is 0.158 e. The summed E-state index contributed by atoms with van der Waals surface area (Å²) in [6.45, 7) is 4.79. The Bertz CT molecular complexity index is 974. The number of fused-ring (bicyclic) bond motifs is 1. The van der Waals surface area contributed by atoms with Gasteiger partial charge >= 0.3 is 0 Å². The first-order valence-corrected chi connectivity index (χ1v) is 8.21. The molecule has 0 aliphatic carbocycles. The molecule has 1 atom stereocenters. The molecule has 0 unspecified atom stereocenters. The maximum absolute atomic E-state index is 4.74. The second-order valence-corrected chi connectivity index (χ2v) is 6.11. The molecular formula is C18H19N7. The molecule has 126 valence electrons. The standard InChI is InChI=1S/C18H19N7/c1-13-8-17-22-16(15-6-4-3-5-7-15)9-18(25(17)23-13)21-14(2)10-24-12-19-11-20-24/h3-9,11-12,14,21H,10H2,1-2H3/t14-/m0/s1. The Kier molecular flexibility index (Phi) is 3.89. The van der Waals surface area contributed by atoms with Gasteiger partial charge in [-0.25, -0.2) is 9.97 Å². The van der Waals surface area contributed by atoms with Gasteiger partial charge in [-0.3, -0.25) is 4.68 Å². The van der Waals surface area contributed by atoms with Gasteiger partial charge in [0.05, 0.1) is 17.9 Å². The lowest BCUT2D eigenvalue weighted by molar-refractivity contribution is 0.557. The fourth-order valence-corrected chi connectivity index (χ4v) is 2.85. The van der Waals surface area contributed by atoms with E-state index >= 15 is 0 Å². The van der Waals surface area contributed by atoms with Gasteiger partial charge in [-0.1, -0.05) is 30.3 Å². The molecule has 0 aliphatic rings. The van der Waals surface area contributed by atoms with Gasteiger partial charge in [0.25, 0.3) is 0 Å². The number of hydrogen-bond donors (Lipinski definition) is 1. The number of nitrogens with zero attached hydrogens (tertiary/aromatic N) is 6. The van der Waals surface area contributed by atoms with Crippen molar-refractivity contribution in [3.8, 4) is 11.3 Å². The molecule has 7 nitrogen and oxygen atoms in total. The second kappa shape index (κ2) is 6.35. The molecule has 7 heteroatoms. The molecule has 0 saturated heterocycles. The number of benzene rings is 1. The summed E-state index contributed by atoms with van der Waals surface area (Å²) in [4.78, 5) is 8.73. The number of aromatic nitrogens is 6. The zero-order chi connectivity index (χ0) is 17.2. The third kappa shape index (κ3) is 3.21. The molecule has 3 aromatic heterocycles. The highest BCUT2D eigenvalue weighted by molar-refractivity contribution is 5.66. The summed E-state index contributed by atoms with van der Waals surface area (Å²) in [6.07, 6.45) is 3.26. The van der Waals surface area contributed by atoms with E-state index in [9.17, 15) is 0 Å². The van der Waals surface area contributed by atoms with Crippen molar-refractivity contribution in [2.75, 3.05) is 5.32 Å². The molecule has 4 aromatic rings. The van der Waals surface area contributed by atoms with Crippen LogP contribution in [-0.2, 0) is 6.54 Å². The van der Waals surface area contributed by atoms with Gasteiger partial charge in [0, 0.05) is 23.7 Å². The topological polar surface area (TPSA) is 72.9 Å². The van der Waals surface area contributed by atoms with Crippen LogP contribution in [0.2, 0.25) is 0 Å². The first-order chi connectivity index (χ1) is 12.2. The fourth-order valence-electron chi connectivity index (χ4n) is 2.85. The van der Waals surface area contributed by atoms with Crippen molar-refractivity contribution in [3.63, 3.8) is 0 Å². The Morgan fingerprint density at radius 1 is 1.16 bits per heavy atom. The Labute approximate surface area is 145 Å². The van der Waals surface area contributed by atoms with Crippen molar-refractivity contribution in [1.82, 2.24) is 29.4 Å². The molecule has 4 rings (SSSR count). The van der Waals surface area contributed by atoms with E-state index in [2.05, 4.69) is 39.6 Å². The van der Waals surface area contributed by atoms with Gasteiger partial charge in [0.15, 0.2) is 5.65 Å². The Hall–Kier alpha value is -3.22. The summed E-state index contributed by atoms with van der Waals surface area (Å²) in [7, 11) is 0. The van der Waals surface area contributed by atoms with E-state index in [0.717, 1.165) is 28.4 Å². The van der Waals surface area contributed by atoms with Crippen LogP contribution in [0.1, 0.15) is 12.6 Å². The Balaban J connectivity index is 1.71. The lowest BCUT2D eigenvalue weighted by Crippen LogP contribution is -2.24. The minimum Gasteiger partial charge on any atom is -0.366 e. The van der Waals surface area contributed by atoms with E-state index in [4.69, 9.17) is 4.98 Å². The van der Waals surface area contributed by atoms with Crippen LogP contribution in [0.4, 0.5) is 5.82 Å². The summed E-state index contributed by atoms with van der Waals surface area (Å²) in [5.74, 6) is 0.907. The maximum Gasteiger partial charge on any atom is 0.158 e. The van der Waals surface area contributed by atoms with Crippen LogP contribution in [-0.4, -0.2) is 35.4 Å². The number of rotatable bonds is 5. The van der Waals surface area contributed by atoms with Gasteiger partial charge in [-0.05, 0) is 13.8 Å². The average molecular weight is 333 g/mol. The number of anilines is 1. The van der Waals surface area contributed by atoms with Gasteiger partial charge < -0.3 is 5.32 Å². The molecule has 0 radical (unpaired) electrons. The van der Waals surface area contributed by atoms with E-state index in [0.29, 0.717) is 6.54 Å².